The van der Waals surface area contributed by atoms with Crippen molar-refractivity contribution in [3.8, 4) is 11.5 Å². The number of rotatable bonds is 6. The van der Waals surface area contributed by atoms with Crippen molar-refractivity contribution in [2.24, 2.45) is 0 Å². The molecule has 206 valence electrons. The smallest absolute Gasteiger partial charge is 0.328 e. The van der Waals surface area contributed by atoms with Gasteiger partial charge in [0, 0.05) is 55.7 Å². The van der Waals surface area contributed by atoms with Crippen LogP contribution in [0.2, 0.25) is 0 Å². The minimum Gasteiger partial charge on any atom is -0.508 e. The SMILES string of the molecule is COc1ccc2[nH]c3c(c2c1F)C[C@@]1(C)C(=O)N(CCCN2CCN(C)CC2)C(=O)N1[C@@H]3c1cccc(O)c1. The molecule has 1 aromatic heterocycles. The summed E-state index contributed by atoms with van der Waals surface area (Å²) in [5.74, 6) is -0.614. The molecule has 0 unspecified atom stereocenters. The normalized spacial score (nSPS) is 23.9. The first-order chi connectivity index (χ1) is 18.7. The number of methoxy groups -OCH3 is 1. The van der Waals surface area contributed by atoms with Gasteiger partial charge in [0.2, 0.25) is 0 Å². The van der Waals surface area contributed by atoms with Crippen molar-refractivity contribution in [3.63, 3.8) is 0 Å². The number of H-pyrrole nitrogens is 1. The molecule has 2 fully saturated rings. The van der Waals surface area contributed by atoms with E-state index < -0.39 is 17.4 Å². The molecule has 6 rings (SSSR count). The van der Waals surface area contributed by atoms with Gasteiger partial charge in [-0.1, -0.05) is 12.1 Å². The number of carbonyl (C=O) groups is 2. The number of hydrogen-bond acceptors (Lipinski definition) is 6. The number of amides is 3. The molecule has 3 aromatic rings. The number of hydrogen-bond donors (Lipinski definition) is 2. The summed E-state index contributed by atoms with van der Waals surface area (Å²) >= 11 is 0. The van der Waals surface area contributed by atoms with Crippen LogP contribution in [-0.4, -0.2) is 101 Å². The highest BCUT2D eigenvalue weighted by molar-refractivity contribution is 6.08. The molecule has 2 atom stereocenters. The van der Waals surface area contributed by atoms with E-state index in [-0.39, 0.29) is 29.9 Å². The van der Waals surface area contributed by atoms with Crippen molar-refractivity contribution in [2.45, 2.75) is 31.3 Å². The molecular formula is C29H34FN5O4. The maximum absolute atomic E-state index is 15.6. The van der Waals surface area contributed by atoms with Crippen molar-refractivity contribution in [1.29, 1.82) is 0 Å². The van der Waals surface area contributed by atoms with Gasteiger partial charge >= 0.3 is 6.03 Å². The highest BCUT2D eigenvalue weighted by atomic mass is 19.1. The van der Waals surface area contributed by atoms with Crippen LogP contribution in [0.5, 0.6) is 11.5 Å². The summed E-state index contributed by atoms with van der Waals surface area (Å²) in [5, 5.41) is 10.7. The Hall–Kier alpha value is -3.63. The van der Waals surface area contributed by atoms with Gasteiger partial charge in [0.05, 0.1) is 7.11 Å². The van der Waals surface area contributed by atoms with Crippen molar-refractivity contribution < 1.29 is 23.8 Å². The number of aromatic nitrogens is 1. The van der Waals surface area contributed by atoms with Crippen LogP contribution >= 0.6 is 0 Å². The highest BCUT2D eigenvalue weighted by Crippen LogP contribution is 2.49. The molecular weight excluding hydrogens is 501 g/mol. The van der Waals surface area contributed by atoms with Gasteiger partial charge in [0.1, 0.15) is 17.3 Å². The number of imide groups is 1. The van der Waals surface area contributed by atoms with Gasteiger partial charge in [-0.2, -0.15) is 0 Å². The highest BCUT2D eigenvalue weighted by Gasteiger charge is 2.60. The van der Waals surface area contributed by atoms with Crippen LogP contribution in [0.15, 0.2) is 36.4 Å². The molecule has 0 bridgehead atoms. The largest absolute Gasteiger partial charge is 0.508 e. The van der Waals surface area contributed by atoms with E-state index in [0.29, 0.717) is 40.7 Å². The molecule has 10 heteroatoms. The number of benzene rings is 2. The molecule has 0 radical (unpaired) electrons. The van der Waals surface area contributed by atoms with Crippen LogP contribution in [0.3, 0.4) is 0 Å². The van der Waals surface area contributed by atoms with Gasteiger partial charge in [0.15, 0.2) is 11.6 Å². The van der Waals surface area contributed by atoms with E-state index in [1.165, 1.54) is 12.0 Å². The molecule has 9 nitrogen and oxygen atoms in total. The van der Waals surface area contributed by atoms with Crippen LogP contribution in [0.25, 0.3) is 10.9 Å². The summed E-state index contributed by atoms with van der Waals surface area (Å²) in [6.45, 7) is 6.85. The Balaban J connectivity index is 1.39. The van der Waals surface area contributed by atoms with Crippen LogP contribution in [0, 0.1) is 5.82 Å². The number of aromatic hydroxyl groups is 1. The zero-order valence-electron chi connectivity index (χ0n) is 22.5. The second-order valence-corrected chi connectivity index (χ2v) is 11.1. The fourth-order valence-corrected chi connectivity index (χ4v) is 6.47. The predicted molar refractivity (Wildman–Crippen MR) is 144 cm³/mol. The van der Waals surface area contributed by atoms with Gasteiger partial charge in [0.25, 0.3) is 5.91 Å². The van der Waals surface area contributed by atoms with E-state index in [4.69, 9.17) is 4.74 Å². The number of nitrogens with zero attached hydrogens (tertiary/aromatic N) is 4. The maximum Gasteiger partial charge on any atom is 0.328 e. The van der Waals surface area contributed by atoms with Crippen molar-refractivity contribution in [1.82, 2.24) is 24.6 Å². The lowest BCUT2D eigenvalue weighted by Crippen LogP contribution is -2.53. The van der Waals surface area contributed by atoms with Crippen molar-refractivity contribution >= 4 is 22.8 Å². The molecule has 0 saturated carbocycles. The van der Waals surface area contributed by atoms with E-state index >= 15 is 4.39 Å². The summed E-state index contributed by atoms with van der Waals surface area (Å²) in [6, 6.07) is 8.91. The number of ether oxygens (including phenoxy) is 1. The number of fused-ring (bicyclic) bond motifs is 4. The monoisotopic (exact) mass is 535 g/mol. The Bertz CT molecular complexity index is 1450. The average molecular weight is 536 g/mol. The third-order valence-electron chi connectivity index (χ3n) is 8.59. The third-order valence-corrected chi connectivity index (χ3v) is 8.59. The molecule has 39 heavy (non-hydrogen) atoms. The van der Waals surface area contributed by atoms with Gasteiger partial charge < -0.3 is 24.6 Å². The van der Waals surface area contributed by atoms with E-state index in [1.54, 1.807) is 42.2 Å². The van der Waals surface area contributed by atoms with Crippen LogP contribution in [0.1, 0.15) is 36.2 Å². The lowest BCUT2D eigenvalue weighted by atomic mass is 9.81. The van der Waals surface area contributed by atoms with Gasteiger partial charge in [-0.05, 0) is 62.3 Å². The number of urea groups is 1. The first-order valence-electron chi connectivity index (χ1n) is 13.4. The number of halogens is 1. The molecule has 2 saturated heterocycles. The Morgan fingerprint density at radius 2 is 1.90 bits per heavy atom. The minimum absolute atomic E-state index is 0.0484. The number of carbonyl (C=O) groups excluding carboxylic acids is 2. The predicted octanol–water partition coefficient (Wildman–Crippen LogP) is 3.33. The van der Waals surface area contributed by atoms with E-state index in [9.17, 15) is 14.7 Å². The molecule has 4 heterocycles. The van der Waals surface area contributed by atoms with Crippen LogP contribution in [0.4, 0.5) is 9.18 Å². The molecule has 3 amide bonds. The number of aromatic amines is 1. The second kappa shape index (κ2) is 9.53. The van der Waals surface area contributed by atoms with Crippen LogP contribution < -0.4 is 4.74 Å². The van der Waals surface area contributed by atoms with Crippen molar-refractivity contribution in [2.75, 3.05) is 53.4 Å². The maximum atomic E-state index is 15.6. The van der Waals surface area contributed by atoms with E-state index in [2.05, 4.69) is 21.8 Å². The first kappa shape index (κ1) is 25.6. The van der Waals surface area contributed by atoms with Gasteiger partial charge in [-0.15, -0.1) is 0 Å². The lowest BCUT2D eigenvalue weighted by molar-refractivity contribution is -0.133. The number of nitrogens with one attached hydrogen (secondary N) is 1. The zero-order valence-corrected chi connectivity index (χ0v) is 22.5. The summed E-state index contributed by atoms with van der Waals surface area (Å²) < 4.78 is 20.8. The Labute approximate surface area is 226 Å². The van der Waals surface area contributed by atoms with Crippen molar-refractivity contribution in [3.05, 3.63) is 59.0 Å². The first-order valence-corrected chi connectivity index (χ1v) is 13.4. The molecule has 2 N–H and O–H groups in total. The fraction of sp³-hybridized carbons (Fsp3) is 0.448. The summed E-state index contributed by atoms with van der Waals surface area (Å²) in [4.78, 5) is 38.9. The molecule has 0 spiro atoms. The lowest BCUT2D eigenvalue weighted by Gasteiger charge is -2.42. The standard InChI is InChI=1S/C29H34FN5O4/c1-29-17-20-23-21(8-9-22(39-3)24(23)30)31-25(20)26(18-6-4-7-19(36)16-18)35(29)28(38)34(27(29)37)11-5-10-33-14-12-32(2)13-15-33/h4,6-9,16,26,31,36H,5,10-15,17H2,1-3H3/t26-,29+/m1/s1. The van der Waals surface area contributed by atoms with Gasteiger partial charge in [-0.25, -0.2) is 9.18 Å². The molecule has 2 aromatic carbocycles. The fourth-order valence-electron chi connectivity index (χ4n) is 6.47. The number of phenolic OH excluding ortho intramolecular Hbond substituents is 1. The quantitative estimate of drug-likeness (QED) is 0.471. The Morgan fingerprint density at radius 3 is 2.62 bits per heavy atom. The summed E-state index contributed by atoms with van der Waals surface area (Å²) in [5.41, 5.74) is 1.28. The Morgan fingerprint density at radius 1 is 1.13 bits per heavy atom. The number of phenols is 1. The van der Waals surface area contributed by atoms with Gasteiger partial charge in [-0.3, -0.25) is 14.6 Å². The summed E-state index contributed by atoms with van der Waals surface area (Å²) in [6.07, 6.45) is 0.850. The van der Waals surface area contributed by atoms with Crippen LogP contribution in [-0.2, 0) is 11.2 Å². The number of piperazine rings is 1. The minimum atomic E-state index is -1.21. The summed E-state index contributed by atoms with van der Waals surface area (Å²) in [7, 11) is 3.53. The molecule has 3 aliphatic heterocycles. The topological polar surface area (TPSA) is 92.4 Å². The molecule has 0 aliphatic carbocycles. The zero-order chi connectivity index (χ0) is 27.5. The third kappa shape index (κ3) is 4.04. The Kier molecular flexibility index (Phi) is 6.27. The van der Waals surface area contributed by atoms with E-state index in [0.717, 1.165) is 32.7 Å². The second-order valence-electron chi connectivity index (χ2n) is 11.1. The molecule has 3 aliphatic rings. The van der Waals surface area contributed by atoms with E-state index in [1.807, 2.05) is 6.07 Å². The average Bonchev–Trinajstić information content (AvgIpc) is 3.37. The number of likely N-dealkylation sites (N-methyl/N-ethyl adjacent to an activating group) is 1.